The summed E-state index contributed by atoms with van der Waals surface area (Å²) in [7, 11) is 0. The zero-order valence-corrected chi connectivity index (χ0v) is 25.3. The SMILES string of the molecule is O=C1NC(=O)N(c2ccc(OCc3ccc(Br)cc3)cc2)C(=O)/C1=C/c1cc(Br)ccc1OCc1ccc([N+](=O)[O-])cc1. The lowest BCUT2D eigenvalue weighted by Gasteiger charge is -2.26. The monoisotopic (exact) mass is 705 g/mol. The zero-order chi connectivity index (χ0) is 30.5. The third kappa shape index (κ3) is 7.16. The minimum atomic E-state index is -0.875. The predicted octanol–water partition coefficient (Wildman–Crippen LogP) is 6.94. The number of nitro benzene ring substituents is 1. The molecule has 0 aliphatic carbocycles. The van der Waals surface area contributed by atoms with Gasteiger partial charge in [0.1, 0.15) is 30.3 Å². The molecule has 0 atom stereocenters. The lowest BCUT2D eigenvalue weighted by molar-refractivity contribution is -0.384. The Morgan fingerprint density at radius 2 is 1.40 bits per heavy atom. The van der Waals surface area contributed by atoms with E-state index in [1.807, 2.05) is 24.3 Å². The number of urea groups is 1. The van der Waals surface area contributed by atoms with Crippen molar-refractivity contribution in [2.24, 2.45) is 0 Å². The van der Waals surface area contributed by atoms with Crippen molar-refractivity contribution in [3.8, 4) is 11.5 Å². The van der Waals surface area contributed by atoms with Crippen molar-refractivity contribution in [3.63, 3.8) is 0 Å². The van der Waals surface area contributed by atoms with Crippen molar-refractivity contribution in [2.75, 3.05) is 4.90 Å². The predicted molar refractivity (Wildman–Crippen MR) is 165 cm³/mol. The van der Waals surface area contributed by atoms with E-state index in [9.17, 15) is 24.5 Å². The molecule has 0 unspecified atom stereocenters. The van der Waals surface area contributed by atoms with Gasteiger partial charge in [0.15, 0.2) is 0 Å². The second kappa shape index (κ2) is 13.0. The van der Waals surface area contributed by atoms with E-state index in [1.54, 1.807) is 54.6 Å². The van der Waals surface area contributed by atoms with Gasteiger partial charge in [-0.25, -0.2) is 9.69 Å². The maximum absolute atomic E-state index is 13.5. The van der Waals surface area contributed by atoms with Crippen LogP contribution in [0, 0.1) is 10.1 Å². The number of nitrogens with zero attached hydrogens (tertiary/aromatic N) is 2. The Morgan fingerprint density at radius 1 is 0.791 bits per heavy atom. The number of anilines is 1. The maximum Gasteiger partial charge on any atom is 0.335 e. The summed E-state index contributed by atoms with van der Waals surface area (Å²) in [6.45, 7) is 0.412. The van der Waals surface area contributed by atoms with Gasteiger partial charge in [0.25, 0.3) is 17.5 Å². The summed E-state index contributed by atoms with van der Waals surface area (Å²) >= 11 is 6.79. The molecule has 1 N–H and O–H groups in total. The molecule has 1 aliphatic rings. The molecular weight excluding hydrogens is 686 g/mol. The first kappa shape index (κ1) is 29.7. The summed E-state index contributed by atoms with van der Waals surface area (Å²) in [5.41, 5.74) is 1.99. The number of hydrogen-bond acceptors (Lipinski definition) is 7. The molecule has 1 saturated heterocycles. The topological polar surface area (TPSA) is 128 Å². The van der Waals surface area contributed by atoms with Gasteiger partial charge >= 0.3 is 6.03 Å². The second-order valence-corrected chi connectivity index (χ2v) is 11.1. The lowest BCUT2D eigenvalue weighted by atomic mass is 10.1. The normalized spacial score (nSPS) is 14.0. The Bertz CT molecular complexity index is 1740. The molecule has 0 radical (unpaired) electrons. The first-order valence-electron chi connectivity index (χ1n) is 12.7. The standard InChI is InChI=1S/C31H21Br2N3O7/c32-22-5-1-19(2-6-22)17-42-26-12-10-24(11-13-26)35-30(38)27(29(37)34-31(35)39)16-21-15-23(33)7-14-28(21)43-18-20-3-8-25(9-4-20)36(40)41/h1-16H,17-18H2,(H,34,37,39)/b27-16+. The highest BCUT2D eigenvalue weighted by atomic mass is 79.9. The number of rotatable bonds is 9. The largest absolute Gasteiger partial charge is 0.489 e. The van der Waals surface area contributed by atoms with Gasteiger partial charge in [0.2, 0.25) is 0 Å². The van der Waals surface area contributed by atoms with Crippen LogP contribution in [0.5, 0.6) is 11.5 Å². The number of barbiturate groups is 1. The van der Waals surface area contributed by atoms with Crippen LogP contribution in [0.2, 0.25) is 0 Å². The van der Waals surface area contributed by atoms with Crippen molar-refractivity contribution < 1.29 is 28.8 Å². The van der Waals surface area contributed by atoms with Gasteiger partial charge in [-0.2, -0.15) is 0 Å². The summed E-state index contributed by atoms with van der Waals surface area (Å²) in [4.78, 5) is 50.3. The minimum absolute atomic E-state index is 0.0402. The van der Waals surface area contributed by atoms with Gasteiger partial charge in [0.05, 0.1) is 10.6 Å². The van der Waals surface area contributed by atoms with E-state index in [0.717, 1.165) is 14.9 Å². The molecule has 0 aromatic heterocycles. The van der Waals surface area contributed by atoms with Gasteiger partial charge in [0, 0.05) is 26.6 Å². The van der Waals surface area contributed by atoms with Crippen LogP contribution >= 0.6 is 31.9 Å². The highest BCUT2D eigenvalue weighted by Gasteiger charge is 2.37. The molecule has 4 amide bonds. The van der Waals surface area contributed by atoms with Gasteiger partial charge in [-0.15, -0.1) is 0 Å². The Labute approximate surface area is 262 Å². The number of ether oxygens (including phenoxy) is 2. The molecule has 0 spiro atoms. The molecule has 0 saturated carbocycles. The number of nitro groups is 1. The lowest BCUT2D eigenvalue weighted by Crippen LogP contribution is -2.54. The van der Waals surface area contributed by atoms with E-state index in [1.165, 1.54) is 18.2 Å². The highest BCUT2D eigenvalue weighted by molar-refractivity contribution is 9.10. The molecular formula is C31H21Br2N3O7. The fourth-order valence-electron chi connectivity index (χ4n) is 4.12. The van der Waals surface area contributed by atoms with E-state index in [-0.39, 0.29) is 23.6 Å². The van der Waals surface area contributed by atoms with Gasteiger partial charge in [-0.05, 0) is 83.9 Å². The van der Waals surface area contributed by atoms with Crippen LogP contribution in [-0.2, 0) is 22.8 Å². The van der Waals surface area contributed by atoms with Crippen LogP contribution in [-0.4, -0.2) is 22.8 Å². The molecule has 4 aromatic carbocycles. The Hall–Kier alpha value is -4.81. The highest BCUT2D eigenvalue weighted by Crippen LogP contribution is 2.29. The number of hydrogen-bond donors (Lipinski definition) is 1. The van der Waals surface area contributed by atoms with Gasteiger partial charge in [-0.3, -0.25) is 25.0 Å². The molecule has 4 aromatic rings. The number of non-ortho nitro benzene ring substituents is 1. The first-order valence-corrected chi connectivity index (χ1v) is 14.3. The number of imide groups is 2. The summed E-state index contributed by atoms with van der Waals surface area (Å²) < 4.78 is 13.4. The number of amides is 4. The quantitative estimate of drug-likeness (QED) is 0.0864. The van der Waals surface area contributed by atoms with Crippen LogP contribution < -0.4 is 19.7 Å². The van der Waals surface area contributed by atoms with Crippen molar-refractivity contribution >= 4 is 67.2 Å². The smallest absolute Gasteiger partial charge is 0.335 e. The molecule has 0 bridgehead atoms. The van der Waals surface area contributed by atoms with E-state index in [4.69, 9.17) is 9.47 Å². The minimum Gasteiger partial charge on any atom is -0.489 e. The van der Waals surface area contributed by atoms with Crippen LogP contribution in [0.4, 0.5) is 16.2 Å². The number of nitrogens with one attached hydrogen (secondary N) is 1. The maximum atomic E-state index is 13.5. The third-order valence-electron chi connectivity index (χ3n) is 6.33. The summed E-state index contributed by atoms with van der Waals surface area (Å²) in [5.74, 6) is -0.765. The number of carbonyl (C=O) groups is 3. The Balaban J connectivity index is 1.34. The van der Waals surface area contributed by atoms with Crippen LogP contribution in [0.3, 0.4) is 0 Å². The molecule has 1 fully saturated rings. The molecule has 10 nitrogen and oxygen atoms in total. The van der Waals surface area contributed by atoms with Crippen molar-refractivity contribution in [1.29, 1.82) is 0 Å². The molecule has 43 heavy (non-hydrogen) atoms. The molecule has 1 aliphatic heterocycles. The molecule has 1 heterocycles. The third-order valence-corrected chi connectivity index (χ3v) is 7.35. The van der Waals surface area contributed by atoms with Crippen LogP contribution in [0.25, 0.3) is 6.08 Å². The van der Waals surface area contributed by atoms with E-state index < -0.39 is 22.8 Å². The van der Waals surface area contributed by atoms with Gasteiger partial charge < -0.3 is 9.47 Å². The van der Waals surface area contributed by atoms with Crippen molar-refractivity contribution in [3.05, 3.63) is 132 Å². The first-order chi connectivity index (χ1) is 20.7. The number of benzene rings is 4. The Kier molecular flexibility index (Phi) is 8.98. The summed E-state index contributed by atoms with van der Waals surface area (Å²) in [6, 6.07) is 24.1. The molecule has 5 rings (SSSR count). The second-order valence-electron chi connectivity index (χ2n) is 9.26. The average molecular weight is 707 g/mol. The van der Waals surface area contributed by atoms with Crippen molar-refractivity contribution in [2.45, 2.75) is 13.2 Å². The Morgan fingerprint density at radius 3 is 2.05 bits per heavy atom. The van der Waals surface area contributed by atoms with E-state index in [2.05, 4.69) is 37.2 Å². The fraction of sp³-hybridized carbons (Fsp3) is 0.0645. The molecule has 216 valence electrons. The van der Waals surface area contributed by atoms with E-state index in [0.29, 0.717) is 33.7 Å². The molecule has 12 heteroatoms. The average Bonchev–Trinajstić information content (AvgIpc) is 2.99. The van der Waals surface area contributed by atoms with Gasteiger partial charge in [-0.1, -0.05) is 44.0 Å². The fourth-order valence-corrected chi connectivity index (χ4v) is 4.77. The van der Waals surface area contributed by atoms with Crippen LogP contribution in [0.15, 0.2) is 106 Å². The van der Waals surface area contributed by atoms with Crippen molar-refractivity contribution in [1.82, 2.24) is 5.32 Å². The zero-order valence-electron chi connectivity index (χ0n) is 22.2. The number of carbonyl (C=O) groups excluding carboxylic acids is 3. The summed E-state index contributed by atoms with van der Waals surface area (Å²) in [6.07, 6.45) is 1.35. The van der Waals surface area contributed by atoms with E-state index >= 15 is 0 Å². The van der Waals surface area contributed by atoms with Crippen LogP contribution in [0.1, 0.15) is 16.7 Å². The summed E-state index contributed by atoms with van der Waals surface area (Å²) in [5, 5.41) is 13.1. The number of halogens is 2.